The van der Waals surface area contributed by atoms with Gasteiger partial charge >= 0.3 is 6.03 Å². The van der Waals surface area contributed by atoms with Crippen molar-refractivity contribution in [1.82, 2.24) is 4.67 Å². The van der Waals surface area contributed by atoms with E-state index in [1.54, 1.807) is 7.11 Å². The quantitative estimate of drug-likeness (QED) is 0.272. The highest BCUT2D eigenvalue weighted by Gasteiger charge is 2.43. The van der Waals surface area contributed by atoms with E-state index >= 15 is 0 Å². The van der Waals surface area contributed by atoms with Crippen molar-refractivity contribution in [1.29, 1.82) is 0 Å². The number of anilines is 1. The van der Waals surface area contributed by atoms with Crippen molar-refractivity contribution in [2.24, 2.45) is 0 Å². The van der Waals surface area contributed by atoms with Crippen molar-refractivity contribution < 1.29 is 24.2 Å². The van der Waals surface area contributed by atoms with Gasteiger partial charge in [-0.3, -0.25) is 9.69 Å². The van der Waals surface area contributed by atoms with Gasteiger partial charge in [-0.2, -0.15) is 0 Å². The summed E-state index contributed by atoms with van der Waals surface area (Å²) in [4.78, 5) is 26.4. The van der Waals surface area contributed by atoms with Crippen LogP contribution in [0.15, 0.2) is 48.5 Å². The molecule has 178 valence electrons. The molecule has 0 radical (unpaired) electrons. The molecule has 1 fully saturated rings. The van der Waals surface area contributed by atoms with Crippen LogP contribution in [0.1, 0.15) is 56.3 Å². The number of nitrogens with zero attached hydrogens (tertiary/aromatic N) is 2. The largest absolute Gasteiger partial charge is 0.497 e. The van der Waals surface area contributed by atoms with Crippen molar-refractivity contribution in [3.8, 4) is 5.75 Å². The fraction of sp³-hybridized carbons (Fsp3) is 0.440. The number of imide groups is 1. The lowest BCUT2D eigenvalue weighted by molar-refractivity contribution is -0.124. The highest BCUT2D eigenvalue weighted by atomic mass is 31.0. The van der Waals surface area contributed by atoms with Gasteiger partial charge in [0, 0.05) is 18.7 Å². The van der Waals surface area contributed by atoms with Crippen LogP contribution in [0.25, 0.3) is 0 Å². The molecule has 0 saturated carbocycles. The van der Waals surface area contributed by atoms with E-state index in [1.807, 2.05) is 48.5 Å². The van der Waals surface area contributed by atoms with Crippen molar-refractivity contribution in [2.45, 2.75) is 57.8 Å². The molecule has 0 spiro atoms. The molecule has 8 heteroatoms. The Morgan fingerprint density at radius 1 is 1.06 bits per heavy atom. The fourth-order valence-corrected chi connectivity index (χ4v) is 4.27. The van der Waals surface area contributed by atoms with Crippen LogP contribution in [0.2, 0.25) is 0 Å². The lowest BCUT2D eigenvalue weighted by Gasteiger charge is -2.23. The Balaban J connectivity index is 1.75. The number of unbranched alkanes of at least 4 members (excludes halogenated alkanes) is 2. The van der Waals surface area contributed by atoms with Gasteiger partial charge in [-0.25, -0.2) is 9.46 Å². The second kappa shape index (κ2) is 12.1. The molecule has 3 rings (SSSR count). The zero-order chi connectivity index (χ0) is 23.8. The molecule has 2 aromatic rings. The number of carbonyl (C=O) groups excluding carboxylic acids is 2. The molecule has 3 atom stereocenters. The number of benzene rings is 2. The number of methoxy groups -OCH3 is 1. The van der Waals surface area contributed by atoms with Crippen LogP contribution in [0.4, 0.5) is 10.5 Å². The third kappa shape index (κ3) is 6.11. The summed E-state index contributed by atoms with van der Waals surface area (Å²) in [7, 11) is 3.81. The Labute approximate surface area is 197 Å². The summed E-state index contributed by atoms with van der Waals surface area (Å²) in [5, 5.41) is 9.34. The van der Waals surface area contributed by atoms with Crippen LogP contribution in [0, 0.1) is 0 Å². The van der Waals surface area contributed by atoms with Crippen molar-refractivity contribution in [3.05, 3.63) is 59.7 Å². The number of hydrogen-bond donors (Lipinski definition) is 1. The van der Waals surface area contributed by atoms with E-state index in [2.05, 4.69) is 16.3 Å². The van der Waals surface area contributed by atoms with E-state index in [1.165, 1.54) is 4.90 Å². The van der Waals surface area contributed by atoms with E-state index in [9.17, 15) is 14.7 Å². The highest BCUT2D eigenvalue weighted by molar-refractivity contribution is 7.16. The van der Waals surface area contributed by atoms with Crippen molar-refractivity contribution in [3.63, 3.8) is 0 Å². The van der Waals surface area contributed by atoms with Gasteiger partial charge in [-0.1, -0.05) is 50.5 Å². The van der Waals surface area contributed by atoms with Gasteiger partial charge < -0.3 is 14.6 Å². The zero-order valence-electron chi connectivity index (χ0n) is 19.3. The maximum absolute atomic E-state index is 12.6. The van der Waals surface area contributed by atoms with Crippen molar-refractivity contribution in [2.75, 3.05) is 18.6 Å². The van der Waals surface area contributed by atoms with E-state index in [0.717, 1.165) is 47.2 Å². The van der Waals surface area contributed by atoms with Gasteiger partial charge in [0.1, 0.15) is 11.8 Å². The number of hydrogen-bond acceptors (Lipinski definition) is 5. The Morgan fingerprint density at radius 2 is 1.76 bits per heavy atom. The molecule has 1 heterocycles. The average molecular weight is 473 g/mol. The first-order valence-corrected chi connectivity index (χ1v) is 11.9. The second-order valence-corrected chi connectivity index (χ2v) is 8.64. The number of amides is 3. The summed E-state index contributed by atoms with van der Waals surface area (Å²) in [6, 6.07) is 14.3. The summed E-state index contributed by atoms with van der Waals surface area (Å²) in [6.45, 7) is 2.49. The van der Waals surface area contributed by atoms with Gasteiger partial charge in [-0.15, -0.1) is 0 Å². The smallest absolute Gasteiger partial charge is 0.334 e. The molecule has 3 amide bonds. The Kier molecular flexibility index (Phi) is 9.24. The van der Waals surface area contributed by atoms with Crippen LogP contribution in [0.3, 0.4) is 0 Å². The van der Waals surface area contributed by atoms with Gasteiger partial charge in [-0.05, 0) is 51.2 Å². The Hall–Kier alpha value is -2.47. The normalized spacial score (nSPS) is 17.0. The minimum atomic E-state index is -0.697. The minimum absolute atomic E-state index is 0.0740. The standard InChI is InChI=1S/C25H33N2O5P/c1-3-4-5-6-23(32-17-18-7-13-21(31-2)14-8-18)19-9-11-20(12-10-19)26-22(15-16-28)24(29)27(33)25(26)30/h7-14,22-23,28H,3-6,15-17,33H2,1-2H3. The zero-order valence-corrected chi connectivity index (χ0v) is 20.4. The first-order chi connectivity index (χ1) is 16.0. The predicted octanol–water partition coefficient (Wildman–Crippen LogP) is 4.84. The number of urea groups is 1. The van der Waals surface area contributed by atoms with E-state index in [4.69, 9.17) is 9.47 Å². The molecule has 3 unspecified atom stereocenters. The molecule has 33 heavy (non-hydrogen) atoms. The van der Waals surface area contributed by atoms with Crippen LogP contribution in [-0.4, -0.2) is 41.5 Å². The molecule has 1 aliphatic heterocycles. The predicted molar refractivity (Wildman–Crippen MR) is 131 cm³/mol. The van der Waals surface area contributed by atoms with E-state index in [-0.39, 0.29) is 25.0 Å². The molecule has 1 saturated heterocycles. The molecule has 1 N–H and O–H groups in total. The molecule has 0 aliphatic carbocycles. The van der Waals surface area contributed by atoms with Gasteiger partial charge in [0.25, 0.3) is 5.91 Å². The van der Waals surface area contributed by atoms with Crippen LogP contribution in [-0.2, 0) is 16.1 Å². The maximum Gasteiger partial charge on any atom is 0.334 e. The molecule has 0 aromatic heterocycles. The first kappa shape index (κ1) is 25.2. The van der Waals surface area contributed by atoms with Gasteiger partial charge in [0.05, 0.1) is 19.8 Å². The third-order valence-corrected chi connectivity index (χ3v) is 6.35. The summed E-state index contributed by atoms with van der Waals surface area (Å²) >= 11 is 0. The lowest BCUT2D eigenvalue weighted by atomic mass is 10.0. The molecule has 0 bridgehead atoms. The Bertz CT molecular complexity index is 919. The SMILES string of the molecule is CCCCCC(OCc1ccc(OC)cc1)c1ccc(N2C(=O)N(P)C(=O)C2CCO)cc1. The molecule has 1 aliphatic rings. The number of ether oxygens (including phenoxy) is 2. The first-order valence-electron chi connectivity index (χ1n) is 11.4. The summed E-state index contributed by atoms with van der Waals surface area (Å²) in [6.07, 6.45) is 4.35. The van der Waals surface area contributed by atoms with E-state index < -0.39 is 12.1 Å². The number of aliphatic hydroxyl groups excluding tert-OH is 1. The third-order valence-electron chi connectivity index (χ3n) is 5.87. The highest BCUT2D eigenvalue weighted by Crippen LogP contribution is 2.32. The second-order valence-electron chi connectivity index (χ2n) is 8.12. The topological polar surface area (TPSA) is 79.3 Å². The number of aliphatic hydroxyl groups is 1. The van der Waals surface area contributed by atoms with Crippen molar-refractivity contribution >= 4 is 27.0 Å². The fourth-order valence-electron chi connectivity index (χ4n) is 3.97. The van der Waals surface area contributed by atoms with E-state index in [0.29, 0.717) is 12.3 Å². The van der Waals surface area contributed by atoms with Gasteiger partial charge in [0.15, 0.2) is 0 Å². The minimum Gasteiger partial charge on any atom is -0.497 e. The Morgan fingerprint density at radius 3 is 2.36 bits per heavy atom. The molecular formula is C25H33N2O5P. The van der Waals surface area contributed by atoms with Crippen LogP contribution in [0.5, 0.6) is 5.75 Å². The summed E-state index contributed by atoms with van der Waals surface area (Å²) < 4.78 is 12.5. The average Bonchev–Trinajstić information content (AvgIpc) is 3.05. The van der Waals surface area contributed by atoms with Crippen LogP contribution >= 0.6 is 9.39 Å². The monoisotopic (exact) mass is 472 g/mol. The summed E-state index contributed by atoms with van der Waals surface area (Å²) in [5.74, 6) is 0.482. The van der Waals surface area contributed by atoms with Crippen LogP contribution < -0.4 is 9.64 Å². The molecule has 2 aromatic carbocycles. The number of carbonyl (C=O) groups is 2. The maximum atomic E-state index is 12.6. The summed E-state index contributed by atoms with van der Waals surface area (Å²) in [5.41, 5.74) is 2.73. The molecule has 7 nitrogen and oxygen atoms in total. The van der Waals surface area contributed by atoms with Gasteiger partial charge in [0.2, 0.25) is 0 Å². The molecular weight excluding hydrogens is 439 g/mol. The lowest BCUT2D eigenvalue weighted by Crippen LogP contribution is -2.35. The number of rotatable bonds is 12.